The van der Waals surface area contributed by atoms with Gasteiger partial charge in [0, 0.05) is 21.2 Å². The number of nitrogens with zero attached hydrogens (tertiary/aromatic N) is 1. The minimum absolute atomic E-state index is 0.00631. The SMILES string of the molecule is COc1ccc(OC)c(N=Cc2c(O)c(OC)cc(Br)c2Br)c1. The number of rotatable bonds is 5. The molecule has 0 unspecified atom stereocenters. The van der Waals surface area contributed by atoms with E-state index in [0.717, 1.165) is 4.47 Å². The van der Waals surface area contributed by atoms with Crippen molar-refractivity contribution >= 4 is 43.8 Å². The van der Waals surface area contributed by atoms with E-state index in [2.05, 4.69) is 36.9 Å². The number of hydrogen-bond acceptors (Lipinski definition) is 5. The van der Waals surface area contributed by atoms with E-state index in [1.54, 1.807) is 38.5 Å². The number of aliphatic imine (C=N–C) groups is 1. The van der Waals surface area contributed by atoms with Gasteiger partial charge in [0.25, 0.3) is 0 Å². The molecule has 1 N–H and O–H groups in total. The van der Waals surface area contributed by atoms with Gasteiger partial charge in [-0.1, -0.05) is 0 Å². The Morgan fingerprint density at radius 2 is 1.70 bits per heavy atom. The molecule has 0 bridgehead atoms. The maximum absolute atomic E-state index is 10.3. The standard InChI is InChI=1S/C16H15Br2NO4/c1-21-9-4-5-13(22-2)12(6-9)19-8-10-15(18)11(17)7-14(23-3)16(10)20/h4-8,20H,1-3H3. The summed E-state index contributed by atoms with van der Waals surface area (Å²) in [5.41, 5.74) is 1.07. The van der Waals surface area contributed by atoms with Crippen LogP contribution in [0.25, 0.3) is 0 Å². The molecule has 0 saturated heterocycles. The number of phenolic OH excluding ortho intramolecular Hbond substituents is 1. The summed E-state index contributed by atoms with van der Waals surface area (Å²) in [6.45, 7) is 0. The molecular weight excluding hydrogens is 430 g/mol. The van der Waals surface area contributed by atoms with E-state index >= 15 is 0 Å². The summed E-state index contributed by atoms with van der Waals surface area (Å²) in [5, 5.41) is 10.3. The first kappa shape index (κ1) is 17.6. The van der Waals surface area contributed by atoms with E-state index in [9.17, 15) is 5.11 Å². The fraction of sp³-hybridized carbons (Fsp3) is 0.188. The van der Waals surface area contributed by atoms with Crippen molar-refractivity contribution in [3.05, 3.63) is 38.8 Å². The van der Waals surface area contributed by atoms with Crippen LogP contribution in [0.15, 0.2) is 38.2 Å². The van der Waals surface area contributed by atoms with Crippen LogP contribution in [0.4, 0.5) is 5.69 Å². The molecule has 122 valence electrons. The van der Waals surface area contributed by atoms with Gasteiger partial charge in [-0.15, -0.1) is 0 Å². The topological polar surface area (TPSA) is 60.3 Å². The molecule has 2 rings (SSSR count). The molecule has 0 aromatic heterocycles. The zero-order valence-corrected chi connectivity index (χ0v) is 15.9. The zero-order valence-electron chi connectivity index (χ0n) is 12.8. The van der Waals surface area contributed by atoms with Crippen molar-refractivity contribution < 1.29 is 19.3 Å². The fourth-order valence-corrected chi connectivity index (χ4v) is 2.74. The monoisotopic (exact) mass is 443 g/mol. The van der Waals surface area contributed by atoms with Gasteiger partial charge in [0.1, 0.15) is 17.2 Å². The summed E-state index contributed by atoms with van der Waals surface area (Å²) in [7, 11) is 4.63. The van der Waals surface area contributed by atoms with Crippen molar-refractivity contribution in [2.45, 2.75) is 0 Å². The van der Waals surface area contributed by atoms with E-state index < -0.39 is 0 Å². The minimum atomic E-state index is -0.00631. The third kappa shape index (κ3) is 3.79. The van der Waals surface area contributed by atoms with Crippen molar-refractivity contribution in [1.82, 2.24) is 0 Å². The van der Waals surface area contributed by atoms with Crippen molar-refractivity contribution in [3.63, 3.8) is 0 Å². The molecule has 0 aliphatic heterocycles. The molecule has 7 heteroatoms. The molecule has 0 fully saturated rings. The zero-order chi connectivity index (χ0) is 17.0. The predicted octanol–water partition coefficient (Wildman–Crippen LogP) is 4.69. The van der Waals surface area contributed by atoms with Crippen molar-refractivity contribution in [3.8, 4) is 23.0 Å². The second kappa shape index (κ2) is 7.70. The number of phenols is 1. The van der Waals surface area contributed by atoms with E-state index in [1.165, 1.54) is 13.3 Å². The number of aromatic hydroxyl groups is 1. The molecular formula is C16H15Br2NO4. The number of benzene rings is 2. The molecule has 0 atom stereocenters. The Morgan fingerprint density at radius 1 is 1.00 bits per heavy atom. The van der Waals surface area contributed by atoms with E-state index in [1.807, 2.05) is 0 Å². The number of ether oxygens (including phenoxy) is 3. The maximum Gasteiger partial charge on any atom is 0.167 e. The Bertz CT molecular complexity index is 747. The summed E-state index contributed by atoms with van der Waals surface area (Å²) >= 11 is 6.83. The lowest BCUT2D eigenvalue weighted by Gasteiger charge is -2.10. The highest BCUT2D eigenvalue weighted by Crippen LogP contribution is 2.40. The van der Waals surface area contributed by atoms with Gasteiger partial charge < -0.3 is 19.3 Å². The molecule has 0 radical (unpaired) electrons. The van der Waals surface area contributed by atoms with Gasteiger partial charge in [0.2, 0.25) is 0 Å². The molecule has 0 spiro atoms. The van der Waals surface area contributed by atoms with Crippen LogP contribution >= 0.6 is 31.9 Å². The molecule has 2 aromatic rings. The van der Waals surface area contributed by atoms with Gasteiger partial charge in [-0.2, -0.15) is 0 Å². The van der Waals surface area contributed by atoms with Crippen LogP contribution in [0.5, 0.6) is 23.0 Å². The van der Waals surface area contributed by atoms with Crippen LogP contribution in [0.3, 0.4) is 0 Å². The normalized spacial score (nSPS) is 10.8. The predicted molar refractivity (Wildman–Crippen MR) is 96.9 cm³/mol. The highest BCUT2D eigenvalue weighted by atomic mass is 79.9. The first-order valence-corrected chi connectivity index (χ1v) is 8.11. The molecule has 0 heterocycles. The van der Waals surface area contributed by atoms with Gasteiger partial charge in [0.15, 0.2) is 11.5 Å². The van der Waals surface area contributed by atoms with Crippen LogP contribution in [0.1, 0.15) is 5.56 Å². The number of methoxy groups -OCH3 is 3. The first-order valence-electron chi connectivity index (χ1n) is 6.52. The molecule has 0 aliphatic rings. The average molecular weight is 445 g/mol. The lowest BCUT2D eigenvalue weighted by atomic mass is 10.2. The molecule has 0 saturated carbocycles. The molecule has 0 aliphatic carbocycles. The summed E-state index contributed by atoms with van der Waals surface area (Å²) in [4.78, 5) is 4.40. The summed E-state index contributed by atoms with van der Waals surface area (Å²) in [5.74, 6) is 1.60. The summed E-state index contributed by atoms with van der Waals surface area (Å²) in [6, 6.07) is 6.97. The smallest absolute Gasteiger partial charge is 0.167 e. The lowest BCUT2D eigenvalue weighted by molar-refractivity contribution is 0.372. The van der Waals surface area contributed by atoms with Crippen molar-refractivity contribution in [2.24, 2.45) is 4.99 Å². The van der Waals surface area contributed by atoms with Crippen LogP contribution in [-0.2, 0) is 0 Å². The second-order valence-corrected chi connectivity index (χ2v) is 6.08. The minimum Gasteiger partial charge on any atom is -0.504 e. The molecule has 0 amide bonds. The molecule has 23 heavy (non-hydrogen) atoms. The van der Waals surface area contributed by atoms with Gasteiger partial charge in [0.05, 0.1) is 26.9 Å². The Morgan fingerprint density at radius 3 is 2.30 bits per heavy atom. The highest BCUT2D eigenvalue weighted by molar-refractivity contribution is 9.13. The average Bonchev–Trinajstić information content (AvgIpc) is 2.57. The quantitative estimate of drug-likeness (QED) is 0.679. The van der Waals surface area contributed by atoms with Crippen LogP contribution in [0.2, 0.25) is 0 Å². The van der Waals surface area contributed by atoms with Gasteiger partial charge in [-0.25, -0.2) is 0 Å². The Hall–Kier alpha value is -1.73. The Labute approximate surface area is 151 Å². The van der Waals surface area contributed by atoms with Crippen LogP contribution in [-0.4, -0.2) is 32.7 Å². The third-order valence-corrected chi connectivity index (χ3v) is 5.14. The number of hydrogen-bond donors (Lipinski definition) is 1. The maximum atomic E-state index is 10.3. The van der Waals surface area contributed by atoms with Crippen molar-refractivity contribution in [1.29, 1.82) is 0 Å². The third-order valence-electron chi connectivity index (χ3n) is 3.13. The highest BCUT2D eigenvalue weighted by Gasteiger charge is 2.14. The van der Waals surface area contributed by atoms with Crippen LogP contribution < -0.4 is 14.2 Å². The van der Waals surface area contributed by atoms with E-state index in [4.69, 9.17) is 14.2 Å². The second-order valence-electron chi connectivity index (χ2n) is 4.43. The van der Waals surface area contributed by atoms with E-state index in [-0.39, 0.29) is 5.75 Å². The Kier molecular flexibility index (Phi) is 5.90. The van der Waals surface area contributed by atoms with Gasteiger partial charge >= 0.3 is 0 Å². The summed E-state index contributed by atoms with van der Waals surface area (Å²) < 4.78 is 17.0. The van der Waals surface area contributed by atoms with Crippen LogP contribution in [0, 0.1) is 0 Å². The largest absolute Gasteiger partial charge is 0.504 e. The summed E-state index contributed by atoms with van der Waals surface area (Å²) in [6.07, 6.45) is 1.53. The van der Waals surface area contributed by atoms with Crippen molar-refractivity contribution in [2.75, 3.05) is 21.3 Å². The fourth-order valence-electron chi connectivity index (χ4n) is 1.92. The Balaban J connectivity index is 2.51. The molecule has 5 nitrogen and oxygen atoms in total. The lowest BCUT2D eigenvalue weighted by Crippen LogP contribution is -1.92. The van der Waals surface area contributed by atoms with Gasteiger partial charge in [-0.05, 0) is 50.1 Å². The van der Waals surface area contributed by atoms with E-state index in [0.29, 0.717) is 33.0 Å². The first-order chi connectivity index (χ1) is 11.0. The number of halogens is 2. The molecule has 2 aromatic carbocycles. The van der Waals surface area contributed by atoms with Gasteiger partial charge in [-0.3, -0.25) is 4.99 Å².